The third kappa shape index (κ3) is 3.63. The van der Waals surface area contributed by atoms with Crippen LogP contribution in [-0.4, -0.2) is 55.9 Å². The molecule has 0 aromatic carbocycles. The number of nitrogens with one attached hydrogen (secondary N) is 2. The minimum Gasteiger partial charge on any atom is -0.495 e. The van der Waals surface area contributed by atoms with Gasteiger partial charge in [-0.2, -0.15) is 5.10 Å². The fourth-order valence-corrected chi connectivity index (χ4v) is 3.38. The minimum absolute atomic E-state index is 0.315. The highest BCUT2D eigenvalue weighted by Gasteiger charge is 2.25. The summed E-state index contributed by atoms with van der Waals surface area (Å²) in [6.07, 6.45) is 5.66. The number of aliphatic hydroxyl groups is 1. The second-order valence-electron chi connectivity index (χ2n) is 7.49. The summed E-state index contributed by atoms with van der Waals surface area (Å²) in [5.74, 6) is 1.07. The van der Waals surface area contributed by atoms with Gasteiger partial charge in [0.25, 0.3) is 0 Å². The van der Waals surface area contributed by atoms with E-state index in [0.29, 0.717) is 34.8 Å². The molecule has 0 aliphatic carbocycles. The second kappa shape index (κ2) is 7.33. The Morgan fingerprint density at radius 1 is 1.36 bits per heavy atom. The summed E-state index contributed by atoms with van der Waals surface area (Å²) in [5.41, 5.74) is 1.31. The van der Waals surface area contributed by atoms with Crippen molar-refractivity contribution >= 4 is 11.6 Å². The molecule has 9 heteroatoms. The van der Waals surface area contributed by atoms with Crippen molar-refractivity contribution in [2.24, 2.45) is 0 Å². The maximum Gasteiger partial charge on any atom is 0.223 e. The van der Waals surface area contributed by atoms with E-state index in [-0.39, 0.29) is 0 Å². The number of hydrogen-bond donors (Lipinski definition) is 3. The molecule has 1 aliphatic heterocycles. The van der Waals surface area contributed by atoms with Gasteiger partial charge in [0.05, 0.1) is 19.0 Å². The average Bonchev–Trinajstić information content (AvgIpc) is 3.10. The van der Waals surface area contributed by atoms with Gasteiger partial charge >= 0.3 is 0 Å². The van der Waals surface area contributed by atoms with Gasteiger partial charge in [0.2, 0.25) is 5.95 Å². The van der Waals surface area contributed by atoms with Crippen molar-refractivity contribution < 1.29 is 9.84 Å². The lowest BCUT2D eigenvalue weighted by Gasteiger charge is -2.23. The van der Waals surface area contributed by atoms with Crippen molar-refractivity contribution in [3.8, 4) is 17.1 Å². The van der Waals surface area contributed by atoms with Crippen molar-refractivity contribution in [2.75, 3.05) is 25.5 Å². The smallest absolute Gasteiger partial charge is 0.223 e. The van der Waals surface area contributed by atoms with Gasteiger partial charge in [-0.05, 0) is 39.3 Å². The molecule has 1 aliphatic rings. The summed E-state index contributed by atoms with van der Waals surface area (Å²) in [7, 11) is 1.55. The van der Waals surface area contributed by atoms with Crippen LogP contribution >= 0.6 is 0 Å². The summed E-state index contributed by atoms with van der Waals surface area (Å²) >= 11 is 0. The molecule has 3 N–H and O–H groups in total. The SMILES string of the molecule is COc1cc2ncc(-c3ccnc(N[C@@H]4CCCNC4)n3)n2nc1C(C)(C)O. The number of ether oxygens (including phenoxy) is 1. The topological polar surface area (TPSA) is 109 Å². The standard InChI is InChI=1S/C19H25N7O2/c1-19(2,27)17-15(28-3)9-16-22-11-14(26(16)25-17)13-6-8-21-18(24-13)23-12-5-4-7-20-10-12/h6,8-9,11-12,20,27H,4-5,7,10H2,1-3H3,(H,21,23,24)/t12-/m1/s1. The maximum atomic E-state index is 10.5. The molecule has 148 valence electrons. The number of aromatic nitrogens is 5. The number of rotatable bonds is 5. The van der Waals surface area contributed by atoms with Crippen molar-refractivity contribution in [3.63, 3.8) is 0 Å². The molecule has 0 bridgehead atoms. The number of imidazole rings is 1. The van der Waals surface area contributed by atoms with Gasteiger partial charge in [0, 0.05) is 24.8 Å². The first-order valence-electron chi connectivity index (χ1n) is 9.42. The first-order valence-corrected chi connectivity index (χ1v) is 9.42. The molecule has 0 amide bonds. The normalized spacial score (nSPS) is 17.6. The van der Waals surface area contributed by atoms with Crippen molar-refractivity contribution in [1.82, 2.24) is 29.9 Å². The Labute approximate surface area is 163 Å². The van der Waals surface area contributed by atoms with Crippen LogP contribution in [-0.2, 0) is 5.60 Å². The molecule has 0 spiro atoms. The molecular weight excluding hydrogens is 358 g/mol. The van der Waals surface area contributed by atoms with Crippen LogP contribution < -0.4 is 15.4 Å². The largest absolute Gasteiger partial charge is 0.495 e. The Balaban J connectivity index is 1.72. The molecule has 4 heterocycles. The molecule has 0 saturated carbocycles. The van der Waals surface area contributed by atoms with Gasteiger partial charge in [0.15, 0.2) is 5.65 Å². The highest BCUT2D eigenvalue weighted by Crippen LogP contribution is 2.30. The van der Waals surface area contributed by atoms with Gasteiger partial charge in [0.1, 0.15) is 22.7 Å². The molecule has 1 atom stereocenters. The molecule has 28 heavy (non-hydrogen) atoms. The van der Waals surface area contributed by atoms with Gasteiger partial charge in [-0.3, -0.25) is 0 Å². The molecule has 1 fully saturated rings. The predicted octanol–water partition coefficient (Wildman–Crippen LogP) is 1.59. The number of anilines is 1. The molecule has 3 aromatic heterocycles. The molecule has 1 saturated heterocycles. The first kappa shape index (κ1) is 18.6. The van der Waals surface area contributed by atoms with Crippen molar-refractivity contribution in [3.05, 3.63) is 30.2 Å². The number of fused-ring (bicyclic) bond motifs is 1. The van der Waals surface area contributed by atoms with E-state index >= 15 is 0 Å². The Bertz CT molecular complexity index is 974. The van der Waals surface area contributed by atoms with E-state index in [0.717, 1.165) is 31.6 Å². The Morgan fingerprint density at radius 3 is 2.93 bits per heavy atom. The highest BCUT2D eigenvalue weighted by molar-refractivity contribution is 5.61. The lowest BCUT2D eigenvalue weighted by Crippen LogP contribution is -2.38. The zero-order valence-electron chi connectivity index (χ0n) is 16.3. The monoisotopic (exact) mass is 383 g/mol. The number of piperidine rings is 1. The molecular formula is C19H25N7O2. The Morgan fingerprint density at radius 2 is 2.21 bits per heavy atom. The van der Waals surface area contributed by atoms with Crippen LogP contribution in [0.4, 0.5) is 5.95 Å². The number of hydrogen-bond acceptors (Lipinski definition) is 8. The van der Waals surface area contributed by atoms with E-state index in [2.05, 4.69) is 30.7 Å². The van der Waals surface area contributed by atoms with Gasteiger partial charge in [-0.15, -0.1) is 0 Å². The summed E-state index contributed by atoms with van der Waals surface area (Å²) in [6, 6.07) is 3.90. The third-order valence-electron chi connectivity index (χ3n) is 4.81. The summed E-state index contributed by atoms with van der Waals surface area (Å²) in [4.78, 5) is 13.4. The van der Waals surface area contributed by atoms with E-state index in [1.807, 2.05) is 6.07 Å². The van der Waals surface area contributed by atoms with Gasteiger partial charge in [-0.1, -0.05) is 0 Å². The van der Waals surface area contributed by atoms with Crippen LogP contribution in [0.15, 0.2) is 24.5 Å². The zero-order chi connectivity index (χ0) is 19.7. The van der Waals surface area contributed by atoms with E-state index < -0.39 is 5.60 Å². The number of methoxy groups -OCH3 is 1. The minimum atomic E-state index is -1.16. The average molecular weight is 383 g/mol. The number of nitrogens with zero attached hydrogens (tertiary/aromatic N) is 5. The Kier molecular flexibility index (Phi) is 4.86. The van der Waals surface area contributed by atoms with Crippen LogP contribution in [0, 0.1) is 0 Å². The quantitative estimate of drug-likeness (QED) is 0.609. The highest BCUT2D eigenvalue weighted by atomic mass is 16.5. The fourth-order valence-electron chi connectivity index (χ4n) is 3.38. The first-order chi connectivity index (χ1) is 13.5. The van der Waals surface area contributed by atoms with Gasteiger partial charge < -0.3 is 20.5 Å². The molecule has 0 unspecified atom stereocenters. The predicted molar refractivity (Wildman–Crippen MR) is 105 cm³/mol. The lowest BCUT2D eigenvalue weighted by atomic mass is 10.0. The van der Waals surface area contributed by atoms with E-state index in [4.69, 9.17) is 4.74 Å². The van der Waals surface area contributed by atoms with Crippen LogP contribution in [0.5, 0.6) is 5.75 Å². The van der Waals surface area contributed by atoms with Crippen LogP contribution in [0.2, 0.25) is 0 Å². The van der Waals surface area contributed by atoms with Crippen LogP contribution in [0.3, 0.4) is 0 Å². The van der Waals surface area contributed by atoms with Crippen molar-refractivity contribution in [1.29, 1.82) is 0 Å². The fraction of sp³-hybridized carbons (Fsp3) is 0.474. The molecule has 9 nitrogen and oxygen atoms in total. The molecule has 3 aromatic rings. The van der Waals surface area contributed by atoms with Crippen LogP contribution in [0.25, 0.3) is 17.0 Å². The van der Waals surface area contributed by atoms with Crippen molar-refractivity contribution in [2.45, 2.75) is 38.3 Å². The van der Waals surface area contributed by atoms with E-state index in [1.54, 1.807) is 43.9 Å². The zero-order valence-corrected chi connectivity index (χ0v) is 16.3. The van der Waals surface area contributed by atoms with E-state index in [1.165, 1.54) is 0 Å². The van der Waals surface area contributed by atoms with E-state index in [9.17, 15) is 5.11 Å². The molecule has 0 radical (unpaired) electrons. The maximum absolute atomic E-state index is 10.5. The summed E-state index contributed by atoms with van der Waals surface area (Å²) in [5, 5.41) is 21.8. The summed E-state index contributed by atoms with van der Waals surface area (Å²) in [6.45, 7) is 5.30. The Hall–Kier alpha value is -2.78. The van der Waals surface area contributed by atoms with Gasteiger partial charge in [-0.25, -0.2) is 19.5 Å². The second-order valence-corrected chi connectivity index (χ2v) is 7.49. The lowest BCUT2D eigenvalue weighted by molar-refractivity contribution is 0.0694. The van der Waals surface area contributed by atoms with Crippen LogP contribution in [0.1, 0.15) is 32.4 Å². The molecule has 4 rings (SSSR count). The summed E-state index contributed by atoms with van der Waals surface area (Å²) < 4.78 is 7.05. The third-order valence-corrected chi connectivity index (χ3v) is 4.81.